The number of hydrogen-bond donors (Lipinski definition) is 1. The molecule has 0 aliphatic heterocycles. The molecule has 0 radical (unpaired) electrons. The van der Waals surface area contributed by atoms with Gasteiger partial charge in [0.25, 0.3) is 0 Å². The van der Waals surface area contributed by atoms with E-state index < -0.39 is 17.2 Å². The van der Waals surface area contributed by atoms with E-state index in [2.05, 4.69) is 5.32 Å². The number of benzene rings is 1. The predicted molar refractivity (Wildman–Crippen MR) is 103 cm³/mol. The highest BCUT2D eigenvalue weighted by Crippen LogP contribution is 2.57. The van der Waals surface area contributed by atoms with Gasteiger partial charge in [-0.2, -0.15) is 5.26 Å². The van der Waals surface area contributed by atoms with Gasteiger partial charge in [-0.3, -0.25) is 10.3 Å². The van der Waals surface area contributed by atoms with Crippen LogP contribution in [0.5, 0.6) is 5.75 Å². The summed E-state index contributed by atoms with van der Waals surface area (Å²) in [5.41, 5.74) is -0.866. The van der Waals surface area contributed by atoms with E-state index in [-0.39, 0.29) is 11.3 Å². The fraction of sp³-hybridized carbons (Fsp3) is 0.636. The Kier molecular flexibility index (Phi) is 4.81. The summed E-state index contributed by atoms with van der Waals surface area (Å²) in [4.78, 5) is 5.07. The molecular formula is C22H27F2N3O. The van der Waals surface area contributed by atoms with Crippen molar-refractivity contribution >= 4 is 5.84 Å². The minimum atomic E-state index is -0.802. The average molecular weight is 387 g/mol. The number of hydrogen-bond acceptors (Lipinski definition) is 3. The third-order valence-corrected chi connectivity index (χ3v) is 6.45. The third kappa shape index (κ3) is 3.99. The molecule has 4 fully saturated rings. The van der Waals surface area contributed by atoms with Gasteiger partial charge < -0.3 is 4.74 Å². The Hall–Kier alpha value is -2.16. The molecule has 0 atom stereocenters. The lowest BCUT2D eigenvalue weighted by Gasteiger charge is -2.55. The van der Waals surface area contributed by atoms with Crippen molar-refractivity contribution in [1.82, 2.24) is 5.32 Å². The topological polar surface area (TPSA) is 57.4 Å². The molecule has 1 N–H and O–H groups in total. The van der Waals surface area contributed by atoms with E-state index in [0.29, 0.717) is 12.3 Å². The molecule has 0 heterocycles. The summed E-state index contributed by atoms with van der Waals surface area (Å²) in [7, 11) is 0. The monoisotopic (exact) mass is 387 g/mol. The Bertz CT molecular complexity index is 792. The first-order chi connectivity index (χ1) is 13.3. The Balaban J connectivity index is 1.53. The standard InChI is InChI=1S/C22H27F2N3O/c1-21(2,28-19-4-3-17(23)8-18(19)24)12-20(26-13-25)27-22-9-14-5-15(10-22)7-16(6-14)11-22/h3-4,8,14-16H,5-7,9-12H2,1-2H3,(H,26,27). The van der Waals surface area contributed by atoms with Crippen LogP contribution >= 0.6 is 0 Å². The second-order valence-corrected chi connectivity index (χ2v) is 9.55. The number of amidine groups is 1. The van der Waals surface area contributed by atoms with Crippen molar-refractivity contribution < 1.29 is 13.5 Å². The summed E-state index contributed by atoms with van der Waals surface area (Å²) in [5.74, 6) is 1.50. The number of nitrogens with zero attached hydrogens (tertiary/aromatic N) is 2. The van der Waals surface area contributed by atoms with Gasteiger partial charge >= 0.3 is 0 Å². The van der Waals surface area contributed by atoms with Crippen molar-refractivity contribution in [2.45, 2.75) is 69.9 Å². The molecule has 0 amide bonds. The highest BCUT2D eigenvalue weighted by Gasteiger charge is 2.51. The molecule has 150 valence electrons. The number of ether oxygens (including phenoxy) is 1. The van der Waals surface area contributed by atoms with Gasteiger partial charge in [0, 0.05) is 12.5 Å². The first-order valence-electron chi connectivity index (χ1n) is 10.1. The first-order valence-corrected chi connectivity index (χ1v) is 10.1. The van der Waals surface area contributed by atoms with E-state index >= 15 is 0 Å². The molecular weight excluding hydrogens is 360 g/mol. The summed E-state index contributed by atoms with van der Waals surface area (Å²) < 4.78 is 32.9. The third-order valence-electron chi connectivity index (χ3n) is 6.45. The van der Waals surface area contributed by atoms with Crippen LogP contribution in [0.25, 0.3) is 0 Å². The highest BCUT2D eigenvalue weighted by molar-refractivity contribution is 5.85. The zero-order valence-corrected chi connectivity index (χ0v) is 16.5. The SMILES string of the molecule is CC(C)(CC(=NC12CC3CC(CC(C3)C1)C2)NC#N)Oc1ccc(F)cc1F. The molecule has 0 saturated heterocycles. The Morgan fingerprint density at radius 2 is 1.82 bits per heavy atom. The molecule has 28 heavy (non-hydrogen) atoms. The largest absolute Gasteiger partial charge is 0.484 e. The van der Waals surface area contributed by atoms with Crippen LogP contribution in [0.3, 0.4) is 0 Å². The quantitative estimate of drug-likeness (QED) is 0.337. The van der Waals surface area contributed by atoms with Crippen molar-refractivity contribution in [3.8, 4) is 11.9 Å². The second kappa shape index (κ2) is 7.02. The number of aliphatic imine (C=N–C) groups is 1. The second-order valence-electron chi connectivity index (χ2n) is 9.55. The smallest absolute Gasteiger partial charge is 0.182 e. The maximum Gasteiger partial charge on any atom is 0.182 e. The molecule has 1 aromatic carbocycles. The van der Waals surface area contributed by atoms with Crippen molar-refractivity contribution in [2.75, 3.05) is 0 Å². The van der Waals surface area contributed by atoms with Crippen LogP contribution in [0, 0.1) is 40.8 Å². The summed E-state index contributed by atoms with van der Waals surface area (Å²) in [6, 6.07) is 3.27. The van der Waals surface area contributed by atoms with Crippen LogP contribution in [0.1, 0.15) is 58.8 Å². The highest BCUT2D eigenvalue weighted by atomic mass is 19.1. The fourth-order valence-electron chi connectivity index (χ4n) is 5.96. The molecule has 1 aromatic rings. The Morgan fingerprint density at radius 3 is 2.36 bits per heavy atom. The zero-order valence-electron chi connectivity index (χ0n) is 16.5. The molecule has 4 aliphatic carbocycles. The van der Waals surface area contributed by atoms with Crippen LogP contribution in [-0.2, 0) is 0 Å². The maximum absolute atomic E-state index is 14.0. The average Bonchev–Trinajstić information content (AvgIpc) is 2.55. The number of nitrogens with one attached hydrogen (secondary N) is 1. The Labute approximate surface area is 165 Å². The van der Waals surface area contributed by atoms with Gasteiger partial charge in [-0.15, -0.1) is 0 Å². The minimum absolute atomic E-state index is 0.00230. The molecule has 4 nitrogen and oxygen atoms in total. The minimum Gasteiger partial charge on any atom is -0.484 e. The molecule has 0 unspecified atom stereocenters. The number of halogens is 2. The van der Waals surface area contributed by atoms with Gasteiger partial charge in [0.2, 0.25) is 0 Å². The fourth-order valence-corrected chi connectivity index (χ4v) is 5.96. The van der Waals surface area contributed by atoms with Gasteiger partial charge in [0.1, 0.15) is 17.3 Å². The van der Waals surface area contributed by atoms with E-state index in [1.54, 1.807) is 0 Å². The molecule has 5 rings (SSSR count). The molecule has 0 aromatic heterocycles. The van der Waals surface area contributed by atoms with E-state index in [1.165, 1.54) is 31.4 Å². The lowest BCUT2D eigenvalue weighted by atomic mass is 9.53. The van der Waals surface area contributed by atoms with Crippen molar-refractivity contribution in [2.24, 2.45) is 22.7 Å². The molecule has 6 heteroatoms. The van der Waals surface area contributed by atoms with E-state index in [0.717, 1.165) is 43.1 Å². The molecule has 4 aliphatic rings. The van der Waals surface area contributed by atoms with E-state index in [1.807, 2.05) is 20.0 Å². The van der Waals surface area contributed by atoms with Gasteiger partial charge in [-0.1, -0.05) is 0 Å². The zero-order chi connectivity index (χ0) is 19.9. The lowest BCUT2D eigenvalue weighted by molar-refractivity contribution is 0.00122. The van der Waals surface area contributed by atoms with Gasteiger partial charge in [-0.25, -0.2) is 8.78 Å². The van der Waals surface area contributed by atoms with Crippen LogP contribution in [0.2, 0.25) is 0 Å². The lowest BCUT2D eigenvalue weighted by Crippen LogP contribution is -2.50. The predicted octanol–water partition coefficient (Wildman–Crippen LogP) is 4.95. The Morgan fingerprint density at radius 1 is 1.21 bits per heavy atom. The summed E-state index contributed by atoms with van der Waals surface area (Å²) in [6.07, 6.45) is 9.63. The molecule has 0 spiro atoms. The van der Waals surface area contributed by atoms with Gasteiger partial charge in [0.15, 0.2) is 17.8 Å². The van der Waals surface area contributed by atoms with Crippen molar-refractivity contribution in [1.29, 1.82) is 5.26 Å². The van der Waals surface area contributed by atoms with Crippen LogP contribution in [-0.4, -0.2) is 17.0 Å². The normalized spacial score (nSPS) is 31.5. The molecule has 4 saturated carbocycles. The number of nitriles is 1. The number of rotatable bonds is 5. The maximum atomic E-state index is 14.0. The van der Waals surface area contributed by atoms with Crippen LogP contribution in [0.15, 0.2) is 23.2 Å². The van der Waals surface area contributed by atoms with Gasteiger partial charge in [0.05, 0.1) is 5.54 Å². The summed E-state index contributed by atoms with van der Waals surface area (Å²) >= 11 is 0. The molecule has 4 bridgehead atoms. The summed E-state index contributed by atoms with van der Waals surface area (Å²) in [5, 5.41) is 12.0. The van der Waals surface area contributed by atoms with Crippen molar-refractivity contribution in [3.63, 3.8) is 0 Å². The van der Waals surface area contributed by atoms with Crippen LogP contribution in [0.4, 0.5) is 8.78 Å². The van der Waals surface area contributed by atoms with Crippen molar-refractivity contribution in [3.05, 3.63) is 29.8 Å². The van der Waals surface area contributed by atoms with Crippen LogP contribution < -0.4 is 10.1 Å². The summed E-state index contributed by atoms with van der Waals surface area (Å²) in [6.45, 7) is 3.65. The van der Waals surface area contributed by atoms with E-state index in [9.17, 15) is 14.0 Å². The van der Waals surface area contributed by atoms with Gasteiger partial charge in [-0.05, 0) is 82.3 Å². The first kappa shape index (κ1) is 19.2. The van der Waals surface area contributed by atoms with E-state index in [4.69, 9.17) is 9.73 Å².